The van der Waals surface area contributed by atoms with E-state index in [4.69, 9.17) is 5.84 Å². The molecule has 1 atom stereocenters. The lowest BCUT2D eigenvalue weighted by Crippen LogP contribution is -2.26. The Bertz CT molecular complexity index is 537. The van der Waals surface area contributed by atoms with E-state index in [0.717, 1.165) is 16.5 Å². The van der Waals surface area contributed by atoms with Crippen molar-refractivity contribution in [1.82, 2.24) is 10.4 Å². The van der Waals surface area contributed by atoms with Crippen LogP contribution in [0.1, 0.15) is 25.5 Å². The molecule has 0 saturated heterocycles. The zero-order chi connectivity index (χ0) is 12.3. The molecule has 3 N–H and O–H groups in total. The molecule has 0 aliphatic carbocycles. The number of pyridine rings is 1. The van der Waals surface area contributed by atoms with Gasteiger partial charge in [0.05, 0.1) is 11.6 Å². The molecular formula is C14H17N3. The minimum Gasteiger partial charge on any atom is -0.271 e. The van der Waals surface area contributed by atoms with E-state index in [1.807, 2.05) is 18.2 Å². The van der Waals surface area contributed by atoms with E-state index >= 15 is 0 Å². The molecule has 1 aromatic heterocycles. The number of hydrogen-bond donors (Lipinski definition) is 2. The van der Waals surface area contributed by atoms with Gasteiger partial charge in [0.25, 0.3) is 0 Å². The molecule has 1 aromatic carbocycles. The molecule has 17 heavy (non-hydrogen) atoms. The maximum atomic E-state index is 5.63. The number of rotatable bonds is 3. The van der Waals surface area contributed by atoms with Crippen LogP contribution in [0.5, 0.6) is 0 Å². The van der Waals surface area contributed by atoms with Crippen LogP contribution in [0.15, 0.2) is 48.2 Å². The van der Waals surface area contributed by atoms with Gasteiger partial charge in [-0.3, -0.25) is 10.8 Å². The van der Waals surface area contributed by atoms with Crippen LogP contribution in [0, 0.1) is 0 Å². The highest BCUT2D eigenvalue weighted by Gasteiger charge is 2.10. The molecule has 0 spiro atoms. The van der Waals surface area contributed by atoms with E-state index < -0.39 is 0 Å². The van der Waals surface area contributed by atoms with Crippen LogP contribution in [0.2, 0.25) is 0 Å². The smallest absolute Gasteiger partial charge is 0.0705 e. The Morgan fingerprint density at radius 1 is 1.29 bits per heavy atom. The van der Waals surface area contributed by atoms with Crippen molar-refractivity contribution in [3.05, 3.63) is 53.7 Å². The maximum Gasteiger partial charge on any atom is 0.0705 e. The number of hydrazine groups is 1. The average molecular weight is 227 g/mol. The monoisotopic (exact) mass is 227 g/mol. The fourth-order valence-corrected chi connectivity index (χ4v) is 1.96. The van der Waals surface area contributed by atoms with E-state index in [0.29, 0.717) is 0 Å². The third kappa shape index (κ3) is 2.52. The fraction of sp³-hybridized carbons (Fsp3) is 0.214. The van der Waals surface area contributed by atoms with Gasteiger partial charge < -0.3 is 0 Å². The molecular weight excluding hydrogens is 210 g/mol. The molecule has 0 aliphatic rings. The summed E-state index contributed by atoms with van der Waals surface area (Å²) in [5.41, 5.74) is 6.21. The molecule has 1 heterocycles. The third-order valence-electron chi connectivity index (χ3n) is 2.69. The summed E-state index contributed by atoms with van der Waals surface area (Å²) < 4.78 is 0. The molecule has 2 aromatic rings. The van der Waals surface area contributed by atoms with Gasteiger partial charge in [0.15, 0.2) is 0 Å². The predicted octanol–water partition coefficient (Wildman–Crippen LogP) is 2.71. The first-order chi connectivity index (χ1) is 8.22. The van der Waals surface area contributed by atoms with Crippen LogP contribution in [0.25, 0.3) is 10.9 Å². The van der Waals surface area contributed by atoms with Gasteiger partial charge in [-0.2, -0.15) is 0 Å². The van der Waals surface area contributed by atoms with Gasteiger partial charge in [-0.15, -0.1) is 0 Å². The minimum atomic E-state index is 0.0212. The van der Waals surface area contributed by atoms with Gasteiger partial charge in [0, 0.05) is 11.6 Å². The SMILES string of the molecule is CC(C)=CC(NN)c1cccc2ncccc12. The van der Waals surface area contributed by atoms with Crippen molar-refractivity contribution in [3.8, 4) is 0 Å². The highest BCUT2D eigenvalue weighted by molar-refractivity contribution is 5.82. The molecule has 88 valence electrons. The Balaban J connectivity index is 2.57. The molecule has 0 saturated carbocycles. The van der Waals surface area contributed by atoms with Gasteiger partial charge in [0.2, 0.25) is 0 Å². The summed E-state index contributed by atoms with van der Waals surface area (Å²) in [6.45, 7) is 4.13. The largest absolute Gasteiger partial charge is 0.271 e. The summed E-state index contributed by atoms with van der Waals surface area (Å²) in [5.74, 6) is 5.63. The number of fused-ring (bicyclic) bond motifs is 1. The number of benzene rings is 1. The first-order valence-corrected chi connectivity index (χ1v) is 5.67. The molecule has 0 fully saturated rings. The van der Waals surface area contributed by atoms with Gasteiger partial charge in [-0.25, -0.2) is 5.43 Å². The second-order valence-corrected chi connectivity index (χ2v) is 4.31. The summed E-state index contributed by atoms with van der Waals surface area (Å²) in [4.78, 5) is 4.35. The van der Waals surface area contributed by atoms with Crippen molar-refractivity contribution >= 4 is 10.9 Å². The van der Waals surface area contributed by atoms with Crippen LogP contribution in [-0.4, -0.2) is 4.98 Å². The van der Waals surface area contributed by atoms with E-state index in [-0.39, 0.29) is 6.04 Å². The van der Waals surface area contributed by atoms with Crippen molar-refractivity contribution in [2.75, 3.05) is 0 Å². The molecule has 2 rings (SSSR count). The highest BCUT2D eigenvalue weighted by Crippen LogP contribution is 2.24. The van der Waals surface area contributed by atoms with Crippen LogP contribution >= 0.6 is 0 Å². The molecule has 0 bridgehead atoms. The van der Waals surface area contributed by atoms with E-state index in [1.165, 1.54) is 5.57 Å². The van der Waals surface area contributed by atoms with Crippen LogP contribution in [-0.2, 0) is 0 Å². The number of nitrogens with one attached hydrogen (secondary N) is 1. The summed E-state index contributed by atoms with van der Waals surface area (Å²) in [5, 5.41) is 1.13. The van der Waals surface area contributed by atoms with Gasteiger partial charge in [0.1, 0.15) is 0 Å². The van der Waals surface area contributed by atoms with Crippen molar-refractivity contribution in [2.45, 2.75) is 19.9 Å². The van der Waals surface area contributed by atoms with E-state index in [1.54, 1.807) is 6.20 Å². The van der Waals surface area contributed by atoms with Gasteiger partial charge >= 0.3 is 0 Å². The van der Waals surface area contributed by atoms with Crippen molar-refractivity contribution in [1.29, 1.82) is 0 Å². The van der Waals surface area contributed by atoms with Crippen LogP contribution in [0.4, 0.5) is 0 Å². The summed E-state index contributed by atoms with van der Waals surface area (Å²) in [7, 11) is 0. The normalized spacial score (nSPS) is 12.4. The second-order valence-electron chi connectivity index (χ2n) is 4.31. The van der Waals surface area contributed by atoms with E-state index in [9.17, 15) is 0 Å². The standard InChI is InChI=1S/C14H17N3/c1-10(2)9-14(17-15)12-5-3-7-13-11(12)6-4-8-16-13/h3-9,14,17H,15H2,1-2H3. The topological polar surface area (TPSA) is 50.9 Å². The molecule has 0 amide bonds. The Morgan fingerprint density at radius 2 is 2.12 bits per heavy atom. The van der Waals surface area contributed by atoms with Crippen molar-refractivity contribution < 1.29 is 0 Å². The molecule has 0 radical (unpaired) electrons. The molecule has 1 unspecified atom stereocenters. The first-order valence-electron chi connectivity index (χ1n) is 5.67. The highest BCUT2D eigenvalue weighted by atomic mass is 15.2. The first kappa shape index (κ1) is 11.8. The van der Waals surface area contributed by atoms with Gasteiger partial charge in [-0.05, 0) is 31.5 Å². The number of nitrogens with two attached hydrogens (primary N) is 1. The fourth-order valence-electron chi connectivity index (χ4n) is 1.96. The summed E-state index contributed by atoms with van der Waals surface area (Å²) in [6, 6.07) is 10.1. The molecule has 0 aliphatic heterocycles. The number of hydrogen-bond acceptors (Lipinski definition) is 3. The third-order valence-corrected chi connectivity index (χ3v) is 2.69. The quantitative estimate of drug-likeness (QED) is 0.481. The lowest BCUT2D eigenvalue weighted by atomic mass is 10.0. The summed E-state index contributed by atoms with van der Waals surface area (Å²) >= 11 is 0. The van der Waals surface area contributed by atoms with Crippen LogP contribution < -0.4 is 11.3 Å². The number of nitrogens with zero attached hydrogens (tertiary/aromatic N) is 1. The Kier molecular flexibility index (Phi) is 3.52. The maximum absolute atomic E-state index is 5.63. The number of allylic oxidation sites excluding steroid dienone is 1. The lowest BCUT2D eigenvalue weighted by Gasteiger charge is -2.15. The number of aromatic nitrogens is 1. The molecule has 3 nitrogen and oxygen atoms in total. The Hall–Kier alpha value is -1.71. The van der Waals surface area contributed by atoms with Crippen LogP contribution in [0.3, 0.4) is 0 Å². The summed E-state index contributed by atoms with van der Waals surface area (Å²) in [6.07, 6.45) is 3.92. The Morgan fingerprint density at radius 3 is 2.82 bits per heavy atom. The van der Waals surface area contributed by atoms with Gasteiger partial charge in [-0.1, -0.05) is 29.8 Å². The second kappa shape index (κ2) is 5.08. The predicted molar refractivity (Wildman–Crippen MR) is 71.2 cm³/mol. The molecule has 3 heteroatoms. The zero-order valence-electron chi connectivity index (χ0n) is 10.1. The van der Waals surface area contributed by atoms with Crippen molar-refractivity contribution in [2.24, 2.45) is 5.84 Å². The lowest BCUT2D eigenvalue weighted by molar-refractivity contribution is 0.656. The Labute approximate surface area is 101 Å². The minimum absolute atomic E-state index is 0.0212. The average Bonchev–Trinajstić information content (AvgIpc) is 2.35. The van der Waals surface area contributed by atoms with E-state index in [2.05, 4.69) is 42.5 Å². The zero-order valence-corrected chi connectivity index (χ0v) is 10.1. The van der Waals surface area contributed by atoms with Crippen molar-refractivity contribution in [3.63, 3.8) is 0 Å².